The van der Waals surface area contributed by atoms with Crippen LogP contribution in [0.1, 0.15) is 69.4 Å². The van der Waals surface area contributed by atoms with Crippen molar-refractivity contribution >= 4 is 28.4 Å². The lowest BCUT2D eigenvalue weighted by molar-refractivity contribution is -0.213. The molecule has 29 heavy (non-hydrogen) atoms. The van der Waals surface area contributed by atoms with Crippen LogP contribution in [0.5, 0.6) is 0 Å². The lowest BCUT2D eigenvalue weighted by Gasteiger charge is -2.70. The van der Waals surface area contributed by atoms with Crippen LogP contribution in [0.4, 0.5) is 0 Å². The number of nitrogens with zero attached hydrogens (tertiary/aromatic N) is 1. The van der Waals surface area contributed by atoms with Crippen molar-refractivity contribution in [2.24, 2.45) is 10.8 Å². The minimum atomic E-state index is -0.547. The number of amides is 1. The Morgan fingerprint density at radius 3 is 2.93 bits per heavy atom. The number of piperidine rings is 2. The molecule has 6 rings (SSSR count). The van der Waals surface area contributed by atoms with Gasteiger partial charge in [-0.15, -0.1) is 0 Å². The number of hydrogen-bond acceptors (Lipinski definition) is 2. The Labute approximate surface area is 176 Å². The fourth-order valence-electron chi connectivity index (χ4n) is 7.91. The fraction of sp³-hybridized carbons (Fsp3) is 0.625. The van der Waals surface area contributed by atoms with Gasteiger partial charge in [0.2, 0.25) is 5.91 Å². The lowest BCUT2D eigenvalue weighted by Crippen LogP contribution is -2.73. The van der Waals surface area contributed by atoms with Crippen LogP contribution in [-0.4, -0.2) is 38.6 Å². The number of aryl methyl sites for hydroxylation is 1. The summed E-state index contributed by atoms with van der Waals surface area (Å²) in [7, 11) is 0. The van der Waals surface area contributed by atoms with Crippen LogP contribution in [0, 0.1) is 17.8 Å². The van der Waals surface area contributed by atoms with E-state index in [1.54, 1.807) is 0 Å². The number of carbonyl (C=O) groups is 1. The number of nitrogens with one attached hydrogen (secondary N) is 1. The largest absolute Gasteiger partial charge is 0.390 e. The third-order valence-corrected chi connectivity index (χ3v) is 9.66. The Morgan fingerprint density at radius 2 is 2.14 bits per heavy atom. The average Bonchev–Trinajstić information content (AvgIpc) is 3.10. The van der Waals surface area contributed by atoms with Crippen molar-refractivity contribution in [1.29, 1.82) is 0 Å². The van der Waals surface area contributed by atoms with Crippen molar-refractivity contribution in [3.8, 4) is 0 Å². The van der Waals surface area contributed by atoms with E-state index >= 15 is 0 Å². The molecule has 4 nitrogen and oxygen atoms in total. The Bertz CT molecular complexity index is 1060. The van der Waals surface area contributed by atoms with Gasteiger partial charge in [0, 0.05) is 35.6 Å². The highest BCUT2D eigenvalue weighted by Gasteiger charge is 2.78. The summed E-state index contributed by atoms with van der Waals surface area (Å²) in [5, 5.41) is 12.9. The smallest absolute Gasteiger partial charge is 0.223 e. The first-order valence-electron chi connectivity index (χ1n) is 11.0. The maximum absolute atomic E-state index is 13.5. The van der Waals surface area contributed by atoms with Crippen LogP contribution < -0.4 is 0 Å². The summed E-state index contributed by atoms with van der Waals surface area (Å²) in [6.07, 6.45) is 7.26. The van der Waals surface area contributed by atoms with Gasteiger partial charge in [0.15, 0.2) is 0 Å². The quantitative estimate of drug-likeness (QED) is 0.751. The van der Waals surface area contributed by atoms with E-state index in [0.717, 1.165) is 59.2 Å². The molecule has 4 fully saturated rings. The van der Waals surface area contributed by atoms with Crippen molar-refractivity contribution in [2.75, 3.05) is 0 Å². The highest BCUT2D eigenvalue weighted by molar-refractivity contribution is 6.36. The zero-order valence-electron chi connectivity index (χ0n) is 17.4. The number of aromatic amines is 1. The van der Waals surface area contributed by atoms with Crippen molar-refractivity contribution in [3.05, 3.63) is 34.5 Å². The third-order valence-electron chi connectivity index (χ3n) is 9.17. The molecule has 4 aliphatic rings. The molecule has 1 amide bonds. The second-order valence-electron chi connectivity index (χ2n) is 10.8. The minimum Gasteiger partial charge on any atom is -0.390 e. The van der Waals surface area contributed by atoms with Crippen LogP contribution in [0.25, 0.3) is 10.9 Å². The summed E-state index contributed by atoms with van der Waals surface area (Å²) in [6, 6.07) is 4.62. The number of benzene rings is 1. The maximum atomic E-state index is 13.5. The molecule has 6 atom stereocenters. The molecule has 1 aromatic carbocycles. The molecule has 1 aromatic heterocycles. The number of aliphatic hydroxyl groups is 1. The van der Waals surface area contributed by atoms with Gasteiger partial charge in [0.05, 0.1) is 10.6 Å². The van der Waals surface area contributed by atoms with Gasteiger partial charge < -0.3 is 15.0 Å². The zero-order chi connectivity index (χ0) is 20.3. The van der Waals surface area contributed by atoms with Gasteiger partial charge in [-0.25, -0.2) is 0 Å². The second kappa shape index (κ2) is 5.39. The molecule has 1 saturated heterocycles. The molecule has 1 spiro atoms. The molecule has 2 N–H and O–H groups in total. The SMILES string of the molecule is Cc1ccc2[nH]cc(C(C)CC(=O)N3C4CC5(O)CC6(C4)CC3C6(C)C5)c2c1Cl. The number of aromatic nitrogens is 1. The number of fused-ring (bicyclic) bond motifs is 5. The van der Waals surface area contributed by atoms with Gasteiger partial charge in [-0.2, -0.15) is 0 Å². The van der Waals surface area contributed by atoms with E-state index in [-0.39, 0.29) is 23.3 Å². The lowest BCUT2D eigenvalue weighted by atomic mass is 9.43. The van der Waals surface area contributed by atoms with Crippen LogP contribution >= 0.6 is 11.6 Å². The van der Waals surface area contributed by atoms with Gasteiger partial charge in [0.1, 0.15) is 0 Å². The third kappa shape index (κ3) is 2.12. The molecule has 3 saturated carbocycles. The number of hydrogen-bond donors (Lipinski definition) is 2. The predicted octanol–water partition coefficient (Wildman–Crippen LogP) is 4.92. The van der Waals surface area contributed by atoms with Crippen LogP contribution in [0.3, 0.4) is 0 Å². The fourth-order valence-corrected chi connectivity index (χ4v) is 8.19. The van der Waals surface area contributed by atoms with E-state index in [4.69, 9.17) is 11.6 Å². The first-order chi connectivity index (χ1) is 13.7. The molecule has 5 heteroatoms. The van der Waals surface area contributed by atoms with E-state index in [1.165, 1.54) is 0 Å². The molecule has 4 bridgehead atoms. The number of halogens is 1. The van der Waals surface area contributed by atoms with Crippen LogP contribution in [-0.2, 0) is 4.79 Å². The monoisotopic (exact) mass is 412 g/mol. The molecular weight excluding hydrogens is 384 g/mol. The molecule has 2 heterocycles. The Morgan fingerprint density at radius 1 is 1.34 bits per heavy atom. The number of rotatable bonds is 3. The first-order valence-corrected chi connectivity index (χ1v) is 11.3. The van der Waals surface area contributed by atoms with Gasteiger partial charge in [-0.1, -0.05) is 31.5 Å². The molecule has 0 radical (unpaired) electrons. The summed E-state index contributed by atoms with van der Waals surface area (Å²) >= 11 is 6.62. The highest BCUT2D eigenvalue weighted by atomic mass is 35.5. The molecule has 1 aliphatic heterocycles. The Kier molecular flexibility index (Phi) is 3.39. The average molecular weight is 413 g/mol. The summed E-state index contributed by atoms with van der Waals surface area (Å²) in [5.74, 6) is 0.341. The zero-order valence-corrected chi connectivity index (χ0v) is 18.1. The van der Waals surface area contributed by atoms with Crippen LogP contribution in [0.15, 0.2) is 18.3 Å². The van der Waals surface area contributed by atoms with Crippen molar-refractivity contribution < 1.29 is 9.90 Å². The van der Waals surface area contributed by atoms with E-state index in [1.807, 2.05) is 19.2 Å². The van der Waals surface area contributed by atoms with Crippen molar-refractivity contribution in [2.45, 2.75) is 82.9 Å². The van der Waals surface area contributed by atoms with E-state index in [9.17, 15) is 9.90 Å². The maximum Gasteiger partial charge on any atom is 0.223 e. The molecular formula is C24H29ClN2O2. The summed E-state index contributed by atoms with van der Waals surface area (Å²) in [6.45, 7) is 6.47. The van der Waals surface area contributed by atoms with Gasteiger partial charge in [-0.3, -0.25) is 4.79 Å². The molecule has 154 valence electrons. The summed E-state index contributed by atoms with van der Waals surface area (Å²) in [5.41, 5.74) is 3.06. The summed E-state index contributed by atoms with van der Waals surface area (Å²) in [4.78, 5) is 19.1. The van der Waals surface area contributed by atoms with Gasteiger partial charge >= 0.3 is 0 Å². The summed E-state index contributed by atoms with van der Waals surface area (Å²) < 4.78 is 0. The predicted molar refractivity (Wildman–Crippen MR) is 114 cm³/mol. The van der Waals surface area contributed by atoms with Gasteiger partial charge in [-0.05, 0) is 73.0 Å². The van der Waals surface area contributed by atoms with Gasteiger partial charge in [0.25, 0.3) is 0 Å². The van der Waals surface area contributed by atoms with E-state index in [2.05, 4.69) is 29.8 Å². The molecule has 3 aliphatic carbocycles. The number of H-pyrrole nitrogens is 1. The Hall–Kier alpha value is -1.52. The molecule has 6 unspecified atom stereocenters. The first kappa shape index (κ1) is 18.3. The topological polar surface area (TPSA) is 56.3 Å². The second-order valence-corrected chi connectivity index (χ2v) is 11.2. The minimum absolute atomic E-state index is 0.0943. The van der Waals surface area contributed by atoms with Crippen LogP contribution in [0.2, 0.25) is 5.02 Å². The van der Waals surface area contributed by atoms with E-state index in [0.29, 0.717) is 17.9 Å². The highest BCUT2D eigenvalue weighted by Crippen LogP contribution is 2.78. The normalized spacial score (nSPS) is 40.4. The van der Waals surface area contributed by atoms with E-state index < -0.39 is 5.60 Å². The number of likely N-dealkylation sites (tertiary alicyclic amines) is 1. The van der Waals surface area contributed by atoms with Crippen molar-refractivity contribution in [3.63, 3.8) is 0 Å². The molecule has 2 aromatic rings. The number of carbonyl (C=O) groups excluding carboxylic acids is 1. The van der Waals surface area contributed by atoms with Crippen molar-refractivity contribution in [1.82, 2.24) is 9.88 Å². The Balaban J connectivity index is 1.29. The standard InChI is InChI=1S/C24H29ClN2O2/c1-13-4-5-17-20(21(13)25)16(10-26-17)14(2)6-19(28)27-15-7-23-9-18(27)22(23,3)11-24(29,8-15)12-23/h4-5,10,14-15,18,26,29H,6-9,11-12H2,1-3H3.